The van der Waals surface area contributed by atoms with Crippen LogP contribution in [0.5, 0.6) is 5.75 Å². The first-order valence-corrected chi connectivity index (χ1v) is 7.79. The highest BCUT2D eigenvalue weighted by molar-refractivity contribution is 6.31. The van der Waals surface area contributed by atoms with Crippen LogP contribution in [0.1, 0.15) is 28.2 Å². The minimum absolute atomic E-state index is 0.0759. The molecule has 130 valence electrons. The summed E-state index contributed by atoms with van der Waals surface area (Å²) in [5.41, 5.74) is 1.71. The number of ether oxygens (including phenoxy) is 1. The molecule has 1 heterocycles. The largest absolute Gasteiger partial charge is 0.434 e. The molecule has 0 aliphatic carbocycles. The molecule has 0 saturated heterocycles. The number of aromatic nitrogens is 2. The fourth-order valence-corrected chi connectivity index (χ4v) is 2.41. The zero-order valence-electron chi connectivity index (χ0n) is 13.4. The number of rotatable bonds is 7. The Hall–Kier alpha value is -2.15. The Balaban J connectivity index is 1.88. The summed E-state index contributed by atoms with van der Waals surface area (Å²) in [7, 11) is 0. The van der Waals surface area contributed by atoms with Crippen molar-refractivity contribution in [2.75, 3.05) is 6.54 Å². The minimum Gasteiger partial charge on any atom is -0.434 e. The smallest absolute Gasteiger partial charge is 0.387 e. The molecule has 8 heteroatoms. The first kappa shape index (κ1) is 18.2. The maximum Gasteiger partial charge on any atom is 0.387 e. The molecule has 24 heavy (non-hydrogen) atoms. The van der Waals surface area contributed by atoms with Gasteiger partial charge in [0, 0.05) is 13.1 Å². The number of amides is 1. The molecule has 2 aromatic rings. The molecular formula is C16H18ClF2N3O2. The van der Waals surface area contributed by atoms with Gasteiger partial charge in [0.1, 0.15) is 5.75 Å². The van der Waals surface area contributed by atoms with E-state index in [1.54, 1.807) is 10.7 Å². The van der Waals surface area contributed by atoms with E-state index < -0.39 is 12.5 Å². The lowest BCUT2D eigenvalue weighted by atomic mass is 10.2. The van der Waals surface area contributed by atoms with Gasteiger partial charge in [-0.2, -0.15) is 13.9 Å². The highest BCUT2D eigenvalue weighted by Gasteiger charge is 2.15. The molecule has 0 saturated carbocycles. The van der Waals surface area contributed by atoms with Gasteiger partial charge < -0.3 is 10.1 Å². The normalized spacial score (nSPS) is 10.9. The van der Waals surface area contributed by atoms with Gasteiger partial charge in [0.05, 0.1) is 22.0 Å². The summed E-state index contributed by atoms with van der Waals surface area (Å²) in [6.45, 7) is 1.69. The van der Waals surface area contributed by atoms with Gasteiger partial charge in [-0.25, -0.2) is 0 Å². The predicted octanol–water partition coefficient (Wildman–Crippen LogP) is 3.57. The Morgan fingerprint density at radius 3 is 2.71 bits per heavy atom. The summed E-state index contributed by atoms with van der Waals surface area (Å²) < 4.78 is 30.8. The van der Waals surface area contributed by atoms with Crippen LogP contribution in [0.15, 0.2) is 24.3 Å². The van der Waals surface area contributed by atoms with Gasteiger partial charge in [-0.15, -0.1) is 0 Å². The highest BCUT2D eigenvalue weighted by atomic mass is 35.5. The molecule has 1 aromatic heterocycles. The number of carbonyl (C=O) groups excluding carboxylic acids is 1. The molecule has 0 aliphatic rings. The first-order chi connectivity index (χ1) is 11.4. The highest BCUT2D eigenvalue weighted by Crippen LogP contribution is 2.20. The van der Waals surface area contributed by atoms with E-state index in [0.29, 0.717) is 24.5 Å². The zero-order valence-corrected chi connectivity index (χ0v) is 14.1. The SMILES string of the molecule is Cc1nn(CCCNC(=O)c2ccccc2OC(F)F)c(C)c1Cl. The molecule has 0 spiro atoms. The maximum atomic E-state index is 12.4. The molecule has 0 unspecified atom stereocenters. The van der Waals surface area contributed by atoms with Crippen LogP contribution in [0, 0.1) is 13.8 Å². The number of benzene rings is 1. The number of hydrogen-bond acceptors (Lipinski definition) is 3. The summed E-state index contributed by atoms with van der Waals surface area (Å²) in [4.78, 5) is 12.1. The summed E-state index contributed by atoms with van der Waals surface area (Å²) in [5.74, 6) is -0.604. The monoisotopic (exact) mass is 357 g/mol. The van der Waals surface area contributed by atoms with Crippen LogP contribution in [-0.2, 0) is 6.54 Å². The van der Waals surface area contributed by atoms with E-state index in [1.165, 1.54) is 18.2 Å². The fourth-order valence-electron chi connectivity index (χ4n) is 2.27. The van der Waals surface area contributed by atoms with Crippen LogP contribution in [0.4, 0.5) is 8.78 Å². The molecule has 0 radical (unpaired) electrons. The molecule has 1 amide bonds. The number of carbonyl (C=O) groups is 1. The third-order valence-electron chi connectivity index (χ3n) is 3.47. The second kappa shape index (κ2) is 8.10. The van der Waals surface area contributed by atoms with Gasteiger partial charge >= 0.3 is 6.61 Å². The third kappa shape index (κ3) is 4.44. The quantitative estimate of drug-likeness (QED) is 0.771. The lowest BCUT2D eigenvalue weighted by molar-refractivity contribution is -0.0501. The van der Waals surface area contributed by atoms with E-state index in [0.717, 1.165) is 11.4 Å². The van der Waals surface area contributed by atoms with Crippen molar-refractivity contribution in [2.24, 2.45) is 0 Å². The van der Waals surface area contributed by atoms with Gasteiger partial charge in [0.15, 0.2) is 0 Å². The number of alkyl halides is 2. The minimum atomic E-state index is -2.98. The summed E-state index contributed by atoms with van der Waals surface area (Å²) in [5, 5.41) is 7.62. The van der Waals surface area contributed by atoms with Crippen molar-refractivity contribution in [3.63, 3.8) is 0 Å². The van der Waals surface area contributed by atoms with Crippen molar-refractivity contribution >= 4 is 17.5 Å². The molecule has 5 nitrogen and oxygen atoms in total. The lowest BCUT2D eigenvalue weighted by Crippen LogP contribution is -2.26. The Morgan fingerprint density at radius 1 is 1.38 bits per heavy atom. The predicted molar refractivity (Wildman–Crippen MR) is 86.7 cm³/mol. The topological polar surface area (TPSA) is 56.2 Å². The van der Waals surface area contributed by atoms with Crippen molar-refractivity contribution in [1.82, 2.24) is 15.1 Å². The average molecular weight is 358 g/mol. The molecule has 0 aliphatic heterocycles. The molecule has 0 fully saturated rings. The van der Waals surface area contributed by atoms with Crippen LogP contribution in [-0.4, -0.2) is 28.8 Å². The molecule has 1 N–H and O–H groups in total. The van der Waals surface area contributed by atoms with E-state index in [4.69, 9.17) is 11.6 Å². The first-order valence-electron chi connectivity index (χ1n) is 7.41. The van der Waals surface area contributed by atoms with E-state index in [9.17, 15) is 13.6 Å². The number of aryl methyl sites for hydroxylation is 2. The number of nitrogens with one attached hydrogen (secondary N) is 1. The Bertz CT molecular complexity index is 719. The van der Waals surface area contributed by atoms with Crippen molar-refractivity contribution in [2.45, 2.75) is 33.4 Å². The molecule has 2 rings (SSSR count). The Labute approximate surface area is 143 Å². The van der Waals surface area contributed by atoms with Gasteiger partial charge in [-0.3, -0.25) is 9.48 Å². The molecule has 1 aromatic carbocycles. The van der Waals surface area contributed by atoms with E-state index in [-0.39, 0.29) is 11.3 Å². The molecule has 0 bridgehead atoms. The van der Waals surface area contributed by atoms with Crippen LogP contribution in [0.25, 0.3) is 0 Å². The Morgan fingerprint density at radius 2 is 2.08 bits per heavy atom. The summed E-state index contributed by atoms with van der Waals surface area (Å²) >= 11 is 6.07. The van der Waals surface area contributed by atoms with Crippen LogP contribution < -0.4 is 10.1 Å². The second-order valence-corrected chi connectivity index (χ2v) is 5.57. The number of halogens is 3. The number of nitrogens with zero attached hydrogens (tertiary/aromatic N) is 2. The van der Waals surface area contributed by atoms with Gasteiger partial charge in [-0.05, 0) is 32.4 Å². The lowest BCUT2D eigenvalue weighted by Gasteiger charge is -2.11. The van der Waals surface area contributed by atoms with Crippen molar-refractivity contribution in [1.29, 1.82) is 0 Å². The van der Waals surface area contributed by atoms with Gasteiger partial charge in [-0.1, -0.05) is 23.7 Å². The van der Waals surface area contributed by atoms with Gasteiger partial charge in [0.25, 0.3) is 5.91 Å². The number of para-hydroxylation sites is 1. The van der Waals surface area contributed by atoms with Gasteiger partial charge in [0.2, 0.25) is 0 Å². The molecule has 0 atom stereocenters. The third-order valence-corrected chi connectivity index (χ3v) is 4.02. The van der Waals surface area contributed by atoms with Crippen LogP contribution in [0.3, 0.4) is 0 Å². The van der Waals surface area contributed by atoms with E-state index in [1.807, 2.05) is 13.8 Å². The van der Waals surface area contributed by atoms with Crippen molar-refractivity contribution < 1.29 is 18.3 Å². The molecular weight excluding hydrogens is 340 g/mol. The van der Waals surface area contributed by atoms with Crippen LogP contribution >= 0.6 is 11.6 Å². The maximum absolute atomic E-state index is 12.4. The number of hydrogen-bond donors (Lipinski definition) is 1. The fraction of sp³-hybridized carbons (Fsp3) is 0.375. The second-order valence-electron chi connectivity index (χ2n) is 5.19. The summed E-state index contributed by atoms with van der Waals surface area (Å²) in [6, 6.07) is 5.89. The average Bonchev–Trinajstić information content (AvgIpc) is 2.78. The zero-order chi connectivity index (χ0) is 17.7. The van der Waals surface area contributed by atoms with Crippen LogP contribution in [0.2, 0.25) is 5.02 Å². The van der Waals surface area contributed by atoms with Crippen molar-refractivity contribution in [3.8, 4) is 5.75 Å². The van der Waals surface area contributed by atoms with E-state index in [2.05, 4.69) is 15.2 Å². The summed E-state index contributed by atoms with van der Waals surface area (Å²) in [6.07, 6.45) is 0.627. The Kier molecular flexibility index (Phi) is 6.14. The van der Waals surface area contributed by atoms with E-state index >= 15 is 0 Å². The van der Waals surface area contributed by atoms with Crippen molar-refractivity contribution in [3.05, 3.63) is 46.2 Å². The standard InChI is InChI=1S/C16H18ClF2N3O2/c1-10-14(17)11(2)22(21-10)9-5-8-20-15(23)12-6-3-4-7-13(12)24-16(18)19/h3-4,6-7,16H,5,8-9H2,1-2H3,(H,20,23).